The number of hydrogen-bond acceptors (Lipinski definition) is 4. The van der Waals surface area contributed by atoms with E-state index in [4.69, 9.17) is 25.3 Å². The van der Waals surface area contributed by atoms with E-state index >= 15 is 0 Å². The van der Waals surface area contributed by atoms with E-state index in [0.29, 0.717) is 0 Å². The van der Waals surface area contributed by atoms with Crippen molar-refractivity contribution in [3.63, 3.8) is 0 Å². The van der Waals surface area contributed by atoms with Gasteiger partial charge in [0.25, 0.3) is 0 Å². The molecule has 0 saturated carbocycles. The summed E-state index contributed by atoms with van der Waals surface area (Å²) in [7, 11) is 0. The van der Waals surface area contributed by atoms with Crippen LogP contribution in [0.5, 0.6) is 0 Å². The molecule has 1 aromatic carbocycles. The van der Waals surface area contributed by atoms with Gasteiger partial charge in [0.15, 0.2) is 0 Å². The van der Waals surface area contributed by atoms with E-state index in [1.165, 1.54) is 0 Å². The standard InChI is InChI=1S/C10H8N2.C6H6S2.Pt/c1-3-7-11-9(5-1)10-6-2-4-8-12-10;7-5-3-1-2-4-6(5)8;/h1-8H;1-4,7-8H;/q;;+2/p-2. The first-order chi connectivity index (χ1) is 9.77. The predicted octanol–water partition coefficient (Wildman–Crippen LogP) is 3.64. The third-order valence-electron chi connectivity index (χ3n) is 2.44. The molecule has 0 aliphatic carbocycles. The molecule has 0 bridgehead atoms. The van der Waals surface area contributed by atoms with Gasteiger partial charge >= 0.3 is 21.1 Å². The quantitative estimate of drug-likeness (QED) is 0.486. The molecule has 0 N–H and O–H groups in total. The van der Waals surface area contributed by atoms with Gasteiger partial charge in [0.2, 0.25) is 0 Å². The van der Waals surface area contributed by atoms with Crippen molar-refractivity contribution in [2.45, 2.75) is 9.79 Å². The largest absolute Gasteiger partial charge is 2.00 e. The molecule has 3 aromatic rings. The van der Waals surface area contributed by atoms with Gasteiger partial charge in [-0.3, -0.25) is 9.97 Å². The van der Waals surface area contributed by atoms with Crippen molar-refractivity contribution in [3.8, 4) is 11.4 Å². The molecule has 5 heteroatoms. The molecule has 108 valence electrons. The van der Waals surface area contributed by atoms with Crippen LogP contribution < -0.4 is 0 Å². The average molecular weight is 491 g/mol. The number of hydrogen-bond donors (Lipinski definition) is 0. The van der Waals surface area contributed by atoms with Gasteiger partial charge in [0.05, 0.1) is 11.4 Å². The summed E-state index contributed by atoms with van der Waals surface area (Å²) in [5.41, 5.74) is 1.83. The minimum Gasteiger partial charge on any atom is -0.781 e. The predicted molar refractivity (Wildman–Crippen MR) is 85.2 cm³/mol. The molecule has 21 heavy (non-hydrogen) atoms. The molecule has 3 rings (SSSR count). The maximum atomic E-state index is 4.85. The van der Waals surface area contributed by atoms with Crippen LogP contribution in [0.4, 0.5) is 0 Å². The summed E-state index contributed by atoms with van der Waals surface area (Å²) in [6, 6.07) is 19.0. The molecule has 0 aliphatic rings. The Morgan fingerprint density at radius 1 is 0.571 bits per heavy atom. The molecule has 0 atom stereocenters. The van der Waals surface area contributed by atoms with Crippen molar-refractivity contribution in [2.75, 3.05) is 0 Å². The molecule has 0 fully saturated rings. The van der Waals surface area contributed by atoms with Crippen LogP contribution in [0.1, 0.15) is 0 Å². The van der Waals surface area contributed by atoms with E-state index in [-0.39, 0.29) is 21.1 Å². The summed E-state index contributed by atoms with van der Waals surface area (Å²) in [6.07, 6.45) is 3.54. The Morgan fingerprint density at radius 2 is 0.952 bits per heavy atom. The fraction of sp³-hybridized carbons (Fsp3) is 0. The van der Waals surface area contributed by atoms with Gasteiger partial charge < -0.3 is 25.3 Å². The normalized spacial score (nSPS) is 8.95. The summed E-state index contributed by atoms with van der Waals surface area (Å²) in [6.45, 7) is 0. The van der Waals surface area contributed by atoms with Crippen LogP contribution in [-0.4, -0.2) is 9.97 Å². The Balaban J connectivity index is 0.000000216. The zero-order chi connectivity index (χ0) is 14.2. The molecule has 0 unspecified atom stereocenters. The fourth-order valence-electron chi connectivity index (χ4n) is 1.48. The molecule has 0 spiro atoms. The van der Waals surface area contributed by atoms with Crippen molar-refractivity contribution < 1.29 is 21.1 Å². The van der Waals surface area contributed by atoms with E-state index in [1.54, 1.807) is 12.4 Å². The molecule has 0 radical (unpaired) electrons. The zero-order valence-electron chi connectivity index (χ0n) is 11.0. The molecular formula is C16H12N2PtS2. The Labute approximate surface area is 150 Å². The Hall–Kier alpha value is -1.35. The average Bonchev–Trinajstić information content (AvgIpc) is 2.53. The summed E-state index contributed by atoms with van der Waals surface area (Å²) in [5.74, 6) is 0. The number of aromatic nitrogens is 2. The van der Waals surface area contributed by atoms with Gasteiger partial charge in [-0.1, -0.05) is 36.4 Å². The van der Waals surface area contributed by atoms with Crippen molar-refractivity contribution in [3.05, 3.63) is 73.1 Å². The maximum Gasteiger partial charge on any atom is 2.00 e. The second-order valence-electron chi connectivity index (χ2n) is 3.88. The van der Waals surface area contributed by atoms with Crippen LogP contribution >= 0.6 is 0 Å². The van der Waals surface area contributed by atoms with Crippen molar-refractivity contribution in [2.24, 2.45) is 0 Å². The summed E-state index contributed by atoms with van der Waals surface area (Å²) < 4.78 is 0. The molecule has 2 nitrogen and oxygen atoms in total. The smallest absolute Gasteiger partial charge is 0.781 e. The molecule has 2 aromatic heterocycles. The summed E-state index contributed by atoms with van der Waals surface area (Å²) in [4.78, 5) is 9.91. The second-order valence-corrected chi connectivity index (χ2v) is 4.76. The monoisotopic (exact) mass is 491 g/mol. The van der Waals surface area contributed by atoms with E-state index in [1.807, 2.05) is 60.7 Å². The van der Waals surface area contributed by atoms with Gasteiger partial charge in [-0.25, -0.2) is 0 Å². The topological polar surface area (TPSA) is 25.8 Å². The first-order valence-corrected chi connectivity index (χ1v) is 6.84. The minimum absolute atomic E-state index is 0. The van der Waals surface area contributed by atoms with Gasteiger partial charge in [-0.05, 0) is 24.3 Å². The first-order valence-electron chi connectivity index (χ1n) is 6.03. The number of nitrogens with zero attached hydrogens (tertiary/aromatic N) is 2. The zero-order valence-corrected chi connectivity index (χ0v) is 14.9. The van der Waals surface area contributed by atoms with E-state index in [9.17, 15) is 0 Å². The van der Waals surface area contributed by atoms with Gasteiger partial charge in [-0.2, -0.15) is 9.79 Å². The fourth-order valence-corrected chi connectivity index (χ4v) is 1.77. The molecule has 0 amide bonds. The summed E-state index contributed by atoms with van der Waals surface area (Å²) >= 11 is 9.70. The van der Waals surface area contributed by atoms with Crippen LogP contribution in [0.2, 0.25) is 0 Å². The SMILES string of the molecule is [Pt+2].[S-]c1ccccc1[S-].c1ccc(-c2ccccn2)nc1. The number of rotatable bonds is 1. The van der Waals surface area contributed by atoms with Crippen LogP contribution in [0, 0.1) is 0 Å². The molecule has 2 heterocycles. The van der Waals surface area contributed by atoms with E-state index in [0.717, 1.165) is 21.2 Å². The first kappa shape index (κ1) is 17.7. The molecule has 0 aliphatic heterocycles. The summed E-state index contributed by atoms with van der Waals surface area (Å²) in [5, 5.41) is 0. The van der Waals surface area contributed by atoms with Crippen LogP contribution in [0.3, 0.4) is 0 Å². The Kier molecular flexibility index (Phi) is 8.06. The number of pyridine rings is 2. The van der Waals surface area contributed by atoms with E-state index in [2.05, 4.69) is 9.97 Å². The third-order valence-corrected chi connectivity index (χ3v) is 3.28. The third kappa shape index (κ3) is 5.88. The maximum absolute atomic E-state index is 4.85. The number of benzene rings is 1. The molecular weight excluding hydrogens is 479 g/mol. The molecule has 0 saturated heterocycles. The Bertz CT molecular complexity index is 590. The van der Waals surface area contributed by atoms with Gasteiger partial charge in [0, 0.05) is 12.4 Å². The second kappa shape index (κ2) is 9.56. The van der Waals surface area contributed by atoms with Crippen molar-refractivity contribution in [1.29, 1.82) is 0 Å². The van der Waals surface area contributed by atoms with Crippen LogP contribution in [0.15, 0.2) is 82.8 Å². The van der Waals surface area contributed by atoms with E-state index < -0.39 is 0 Å². The Morgan fingerprint density at radius 3 is 1.24 bits per heavy atom. The minimum atomic E-state index is 0. The van der Waals surface area contributed by atoms with Crippen molar-refractivity contribution in [1.82, 2.24) is 9.97 Å². The van der Waals surface area contributed by atoms with Crippen LogP contribution in [0.25, 0.3) is 11.4 Å². The van der Waals surface area contributed by atoms with Gasteiger partial charge in [0.1, 0.15) is 0 Å². The van der Waals surface area contributed by atoms with Crippen LogP contribution in [-0.2, 0) is 46.3 Å². The van der Waals surface area contributed by atoms with Gasteiger partial charge in [-0.15, -0.1) is 0 Å². The van der Waals surface area contributed by atoms with Crippen molar-refractivity contribution >= 4 is 25.3 Å².